The van der Waals surface area contributed by atoms with E-state index in [0.717, 1.165) is 19.1 Å². The molecule has 20 heavy (non-hydrogen) atoms. The maximum absolute atomic E-state index is 4.42. The van der Waals surface area contributed by atoms with Crippen molar-refractivity contribution < 1.29 is 0 Å². The number of nitrogens with zero attached hydrogens (tertiary/aromatic N) is 3. The summed E-state index contributed by atoms with van der Waals surface area (Å²) >= 11 is 1.75. The molecule has 3 heterocycles. The summed E-state index contributed by atoms with van der Waals surface area (Å²) in [4.78, 5) is 9.50. The molecule has 0 aliphatic carbocycles. The first-order valence-corrected chi connectivity index (χ1v) is 8.83. The Hall–Kier alpha value is -0.650. The minimum Gasteiger partial charge on any atom is -0.346 e. The van der Waals surface area contributed by atoms with Crippen molar-refractivity contribution in [2.75, 3.05) is 37.6 Å². The maximum atomic E-state index is 4.42. The number of piperazine rings is 1. The van der Waals surface area contributed by atoms with Crippen LogP contribution in [0.5, 0.6) is 0 Å². The third-order valence-electron chi connectivity index (χ3n) is 4.67. The second kappa shape index (κ2) is 6.87. The molecule has 5 heteroatoms. The quantitative estimate of drug-likeness (QED) is 0.922. The highest BCUT2D eigenvalue weighted by atomic mass is 32.1. The Labute approximate surface area is 126 Å². The standard InChI is InChI=1S/C15H26N4S/c1-13(12-14-4-2-3-5-16-14)18-7-9-19(10-8-18)15-17-6-11-20-15/h6,11,13-14,16H,2-5,7-10,12H2,1H3. The zero-order chi connectivity index (χ0) is 13.8. The van der Waals surface area contributed by atoms with Crippen LogP contribution in [-0.4, -0.2) is 54.7 Å². The van der Waals surface area contributed by atoms with Gasteiger partial charge in [0.05, 0.1) is 0 Å². The average molecular weight is 294 g/mol. The fourth-order valence-corrected chi connectivity index (χ4v) is 4.11. The van der Waals surface area contributed by atoms with Crippen molar-refractivity contribution in [2.45, 2.75) is 44.7 Å². The van der Waals surface area contributed by atoms with E-state index >= 15 is 0 Å². The molecule has 0 spiro atoms. The summed E-state index contributed by atoms with van der Waals surface area (Å²) in [5.41, 5.74) is 0. The Bertz CT molecular complexity index is 381. The van der Waals surface area contributed by atoms with E-state index in [4.69, 9.17) is 0 Å². The monoisotopic (exact) mass is 294 g/mol. The number of thiazole rings is 1. The van der Waals surface area contributed by atoms with Crippen LogP contribution in [0.1, 0.15) is 32.6 Å². The van der Waals surface area contributed by atoms with Crippen LogP contribution in [0.25, 0.3) is 0 Å². The smallest absolute Gasteiger partial charge is 0.185 e. The van der Waals surface area contributed by atoms with Gasteiger partial charge in [0, 0.05) is 49.8 Å². The molecular weight excluding hydrogens is 268 g/mol. The van der Waals surface area contributed by atoms with Crippen molar-refractivity contribution in [1.82, 2.24) is 15.2 Å². The van der Waals surface area contributed by atoms with Crippen LogP contribution in [0.15, 0.2) is 11.6 Å². The highest BCUT2D eigenvalue weighted by molar-refractivity contribution is 7.13. The summed E-state index contributed by atoms with van der Waals surface area (Å²) in [6.45, 7) is 8.21. The summed E-state index contributed by atoms with van der Waals surface area (Å²) < 4.78 is 0. The van der Waals surface area contributed by atoms with Gasteiger partial charge in [0.1, 0.15) is 0 Å². The molecule has 2 aliphatic rings. The predicted octanol–water partition coefficient (Wildman–Crippen LogP) is 2.19. The van der Waals surface area contributed by atoms with Gasteiger partial charge in [-0.15, -0.1) is 11.3 Å². The van der Waals surface area contributed by atoms with Crippen LogP contribution in [0.2, 0.25) is 0 Å². The summed E-state index contributed by atoms with van der Waals surface area (Å²) in [7, 11) is 0. The topological polar surface area (TPSA) is 31.4 Å². The van der Waals surface area contributed by atoms with E-state index < -0.39 is 0 Å². The van der Waals surface area contributed by atoms with Crippen molar-refractivity contribution in [3.05, 3.63) is 11.6 Å². The van der Waals surface area contributed by atoms with Gasteiger partial charge in [-0.25, -0.2) is 4.98 Å². The molecule has 2 saturated heterocycles. The van der Waals surface area contributed by atoms with Crippen LogP contribution in [-0.2, 0) is 0 Å². The first-order chi connectivity index (χ1) is 9.83. The number of anilines is 1. The van der Waals surface area contributed by atoms with E-state index in [1.807, 2.05) is 6.20 Å². The van der Waals surface area contributed by atoms with Gasteiger partial charge < -0.3 is 10.2 Å². The molecule has 2 aliphatic heterocycles. The third kappa shape index (κ3) is 3.51. The largest absolute Gasteiger partial charge is 0.346 e. The Morgan fingerprint density at radius 2 is 2.20 bits per heavy atom. The molecule has 0 aromatic carbocycles. The van der Waals surface area contributed by atoms with Gasteiger partial charge in [-0.3, -0.25) is 4.90 Å². The number of piperidine rings is 1. The Morgan fingerprint density at radius 1 is 1.35 bits per heavy atom. The van der Waals surface area contributed by atoms with Crippen molar-refractivity contribution in [2.24, 2.45) is 0 Å². The van der Waals surface area contributed by atoms with Gasteiger partial charge >= 0.3 is 0 Å². The van der Waals surface area contributed by atoms with Crippen LogP contribution < -0.4 is 10.2 Å². The Morgan fingerprint density at radius 3 is 2.85 bits per heavy atom. The van der Waals surface area contributed by atoms with E-state index in [0.29, 0.717) is 6.04 Å². The molecule has 4 nitrogen and oxygen atoms in total. The molecule has 0 radical (unpaired) electrons. The van der Waals surface area contributed by atoms with Gasteiger partial charge in [0.2, 0.25) is 0 Å². The lowest BCUT2D eigenvalue weighted by atomic mass is 9.98. The van der Waals surface area contributed by atoms with Crippen molar-refractivity contribution in [1.29, 1.82) is 0 Å². The van der Waals surface area contributed by atoms with Gasteiger partial charge in [-0.2, -0.15) is 0 Å². The minimum absolute atomic E-state index is 0.698. The second-order valence-electron chi connectivity index (χ2n) is 6.07. The van der Waals surface area contributed by atoms with Crippen LogP contribution in [0.4, 0.5) is 5.13 Å². The number of rotatable bonds is 4. The van der Waals surface area contributed by atoms with Gasteiger partial charge in [0.25, 0.3) is 0 Å². The molecule has 112 valence electrons. The Balaban J connectivity index is 1.45. The van der Waals surface area contributed by atoms with Crippen LogP contribution in [0.3, 0.4) is 0 Å². The SMILES string of the molecule is CC(CC1CCCCN1)N1CCN(c2nccs2)CC1. The highest BCUT2D eigenvalue weighted by Crippen LogP contribution is 2.21. The lowest BCUT2D eigenvalue weighted by Crippen LogP contribution is -2.51. The van der Waals surface area contributed by atoms with Crippen LogP contribution >= 0.6 is 11.3 Å². The fraction of sp³-hybridized carbons (Fsp3) is 0.800. The first kappa shape index (κ1) is 14.3. The summed E-state index contributed by atoms with van der Waals surface area (Å²) in [5, 5.41) is 6.93. The molecular formula is C15H26N4S. The number of hydrogen-bond acceptors (Lipinski definition) is 5. The zero-order valence-corrected chi connectivity index (χ0v) is 13.2. The first-order valence-electron chi connectivity index (χ1n) is 7.95. The lowest BCUT2D eigenvalue weighted by Gasteiger charge is -2.39. The van der Waals surface area contributed by atoms with E-state index in [1.165, 1.54) is 50.4 Å². The number of nitrogens with one attached hydrogen (secondary N) is 1. The van der Waals surface area contributed by atoms with Gasteiger partial charge in [0.15, 0.2) is 5.13 Å². The highest BCUT2D eigenvalue weighted by Gasteiger charge is 2.24. The molecule has 0 amide bonds. The minimum atomic E-state index is 0.698. The molecule has 2 unspecified atom stereocenters. The number of hydrogen-bond donors (Lipinski definition) is 1. The van der Waals surface area contributed by atoms with Gasteiger partial charge in [-0.05, 0) is 32.7 Å². The lowest BCUT2D eigenvalue weighted by molar-refractivity contribution is 0.170. The number of aromatic nitrogens is 1. The summed E-state index contributed by atoms with van der Waals surface area (Å²) in [6, 6.07) is 1.44. The molecule has 1 aromatic heterocycles. The molecule has 0 bridgehead atoms. The van der Waals surface area contributed by atoms with Crippen molar-refractivity contribution in [3.8, 4) is 0 Å². The predicted molar refractivity (Wildman–Crippen MR) is 85.6 cm³/mol. The molecule has 1 N–H and O–H groups in total. The van der Waals surface area contributed by atoms with E-state index in [2.05, 4.69) is 32.4 Å². The van der Waals surface area contributed by atoms with Crippen molar-refractivity contribution >= 4 is 16.5 Å². The summed E-state index contributed by atoms with van der Waals surface area (Å²) in [6.07, 6.45) is 7.34. The van der Waals surface area contributed by atoms with Gasteiger partial charge in [-0.1, -0.05) is 6.42 Å². The molecule has 0 saturated carbocycles. The molecule has 2 fully saturated rings. The fourth-order valence-electron chi connectivity index (χ4n) is 3.41. The molecule has 3 rings (SSSR count). The third-order valence-corrected chi connectivity index (χ3v) is 5.50. The van der Waals surface area contributed by atoms with Crippen LogP contribution in [0, 0.1) is 0 Å². The average Bonchev–Trinajstić information content (AvgIpc) is 3.03. The van der Waals surface area contributed by atoms with E-state index in [-0.39, 0.29) is 0 Å². The summed E-state index contributed by atoms with van der Waals surface area (Å²) in [5.74, 6) is 0. The zero-order valence-electron chi connectivity index (χ0n) is 12.4. The van der Waals surface area contributed by atoms with Crippen molar-refractivity contribution in [3.63, 3.8) is 0 Å². The Kier molecular flexibility index (Phi) is 4.91. The maximum Gasteiger partial charge on any atom is 0.185 e. The molecule has 1 aromatic rings. The molecule has 2 atom stereocenters. The van der Waals surface area contributed by atoms with E-state index in [9.17, 15) is 0 Å². The van der Waals surface area contributed by atoms with E-state index in [1.54, 1.807) is 11.3 Å². The second-order valence-corrected chi connectivity index (χ2v) is 6.94. The normalized spacial score (nSPS) is 26.6.